The maximum absolute atomic E-state index is 11.3. The molecule has 78 valence electrons. The molecule has 0 saturated heterocycles. The first-order valence-corrected chi connectivity index (χ1v) is 4.36. The highest BCUT2D eigenvalue weighted by Gasteiger charge is 2.26. The lowest BCUT2D eigenvalue weighted by molar-refractivity contribution is -0.117. The number of carboxylic acid groups (broad SMARTS) is 1. The molecule has 0 spiro atoms. The fourth-order valence-corrected chi connectivity index (χ4v) is 1.66. The van der Waals surface area contributed by atoms with E-state index in [0.29, 0.717) is 11.3 Å². The number of phenols is 1. The van der Waals surface area contributed by atoms with Gasteiger partial charge in [0.2, 0.25) is 5.91 Å². The lowest BCUT2D eigenvalue weighted by Gasteiger charge is -2.10. The molecule has 0 aliphatic carbocycles. The second-order valence-corrected chi connectivity index (χ2v) is 3.43. The number of aromatic hydroxyl groups is 1. The first kappa shape index (κ1) is 9.51. The minimum absolute atomic E-state index is 0.105. The van der Waals surface area contributed by atoms with E-state index in [1.807, 2.05) is 0 Å². The highest BCUT2D eigenvalue weighted by Crippen LogP contribution is 2.33. The summed E-state index contributed by atoms with van der Waals surface area (Å²) in [6.45, 7) is 0. The lowest BCUT2D eigenvalue weighted by Crippen LogP contribution is -2.20. The van der Waals surface area contributed by atoms with E-state index in [0.717, 1.165) is 0 Å². The molecule has 0 radical (unpaired) electrons. The third-order valence-corrected chi connectivity index (χ3v) is 2.50. The van der Waals surface area contributed by atoms with Crippen LogP contribution in [0.15, 0.2) is 12.1 Å². The molecule has 0 bridgehead atoms. The Hall–Kier alpha value is -2.04. The number of carboxylic acids is 1. The molecule has 5 nitrogen and oxygen atoms in total. The van der Waals surface area contributed by atoms with E-state index in [1.165, 1.54) is 17.0 Å². The summed E-state index contributed by atoms with van der Waals surface area (Å²) in [6, 6.07) is 2.65. The average Bonchev–Trinajstić information content (AvgIpc) is 2.43. The van der Waals surface area contributed by atoms with E-state index in [1.54, 1.807) is 7.05 Å². The minimum Gasteiger partial charge on any atom is -0.507 e. The summed E-state index contributed by atoms with van der Waals surface area (Å²) < 4.78 is 0. The molecule has 1 aromatic rings. The maximum atomic E-state index is 11.3. The van der Waals surface area contributed by atoms with Gasteiger partial charge in [-0.1, -0.05) is 0 Å². The van der Waals surface area contributed by atoms with Crippen molar-refractivity contribution >= 4 is 17.6 Å². The fourth-order valence-electron chi connectivity index (χ4n) is 1.66. The van der Waals surface area contributed by atoms with Crippen LogP contribution in [-0.4, -0.2) is 29.1 Å². The van der Waals surface area contributed by atoms with Gasteiger partial charge >= 0.3 is 5.97 Å². The molecule has 0 fully saturated rings. The first-order valence-electron chi connectivity index (χ1n) is 4.36. The molecular formula is C10H9NO4. The SMILES string of the molecule is CN1C(=O)Cc2cc(C(=O)O)c(O)cc21. The Morgan fingerprint density at radius 3 is 2.73 bits per heavy atom. The van der Waals surface area contributed by atoms with Crippen molar-refractivity contribution in [2.24, 2.45) is 0 Å². The molecule has 2 N–H and O–H groups in total. The van der Waals surface area contributed by atoms with E-state index < -0.39 is 5.97 Å². The summed E-state index contributed by atoms with van der Waals surface area (Å²) in [5.74, 6) is -1.62. The van der Waals surface area contributed by atoms with E-state index in [9.17, 15) is 14.7 Å². The van der Waals surface area contributed by atoms with E-state index in [-0.39, 0.29) is 23.6 Å². The molecule has 0 aromatic heterocycles. The topological polar surface area (TPSA) is 77.8 Å². The third kappa shape index (κ3) is 1.32. The van der Waals surface area contributed by atoms with Crippen molar-refractivity contribution < 1.29 is 19.8 Å². The van der Waals surface area contributed by atoms with Crippen LogP contribution in [0.2, 0.25) is 0 Å². The van der Waals surface area contributed by atoms with E-state index >= 15 is 0 Å². The molecule has 1 aliphatic heterocycles. The van der Waals surface area contributed by atoms with Crippen molar-refractivity contribution in [3.63, 3.8) is 0 Å². The van der Waals surface area contributed by atoms with Gasteiger partial charge in [0.1, 0.15) is 11.3 Å². The van der Waals surface area contributed by atoms with Crippen molar-refractivity contribution in [1.29, 1.82) is 0 Å². The van der Waals surface area contributed by atoms with E-state index in [4.69, 9.17) is 5.11 Å². The van der Waals surface area contributed by atoms with Gasteiger partial charge in [0, 0.05) is 13.1 Å². The second-order valence-electron chi connectivity index (χ2n) is 3.43. The molecule has 2 rings (SSSR count). The molecule has 1 amide bonds. The van der Waals surface area contributed by atoms with Crippen molar-refractivity contribution in [2.45, 2.75) is 6.42 Å². The van der Waals surface area contributed by atoms with Gasteiger partial charge in [-0.3, -0.25) is 4.79 Å². The van der Waals surface area contributed by atoms with Gasteiger partial charge in [-0.05, 0) is 11.6 Å². The van der Waals surface area contributed by atoms with Crippen LogP contribution in [-0.2, 0) is 11.2 Å². The van der Waals surface area contributed by atoms with Crippen LogP contribution in [0, 0.1) is 0 Å². The van der Waals surface area contributed by atoms with Crippen LogP contribution < -0.4 is 4.90 Å². The number of hydrogen-bond acceptors (Lipinski definition) is 3. The van der Waals surface area contributed by atoms with Crippen LogP contribution in [0.25, 0.3) is 0 Å². The average molecular weight is 207 g/mol. The van der Waals surface area contributed by atoms with Crippen molar-refractivity contribution in [2.75, 3.05) is 11.9 Å². The number of amides is 1. The summed E-state index contributed by atoms with van der Waals surface area (Å²) in [7, 11) is 1.59. The molecule has 1 aliphatic rings. The number of fused-ring (bicyclic) bond motifs is 1. The molecule has 1 aromatic carbocycles. The molecule has 1 heterocycles. The molecule has 5 heteroatoms. The zero-order valence-electron chi connectivity index (χ0n) is 8.02. The van der Waals surface area contributed by atoms with Gasteiger partial charge in [-0.25, -0.2) is 4.79 Å². The highest BCUT2D eigenvalue weighted by atomic mass is 16.4. The Morgan fingerprint density at radius 1 is 1.47 bits per heavy atom. The summed E-state index contributed by atoms with van der Waals surface area (Å²) in [5, 5.41) is 18.2. The molecule has 15 heavy (non-hydrogen) atoms. The zero-order valence-corrected chi connectivity index (χ0v) is 8.02. The smallest absolute Gasteiger partial charge is 0.339 e. The predicted octanol–water partition coefficient (Wildman–Crippen LogP) is 0.609. The van der Waals surface area contributed by atoms with Gasteiger partial charge in [0.15, 0.2) is 0 Å². The van der Waals surface area contributed by atoms with E-state index in [2.05, 4.69) is 0 Å². The van der Waals surface area contributed by atoms with Gasteiger partial charge in [-0.15, -0.1) is 0 Å². The number of benzene rings is 1. The number of carbonyl (C=O) groups is 2. The quantitative estimate of drug-likeness (QED) is 0.707. The normalized spacial score (nSPS) is 14.2. The Balaban J connectivity index is 2.59. The fraction of sp³-hybridized carbons (Fsp3) is 0.200. The Morgan fingerprint density at radius 2 is 2.13 bits per heavy atom. The number of carbonyl (C=O) groups excluding carboxylic acids is 1. The monoisotopic (exact) mass is 207 g/mol. The van der Waals surface area contributed by atoms with Gasteiger partial charge in [-0.2, -0.15) is 0 Å². The van der Waals surface area contributed by atoms with Crippen molar-refractivity contribution in [3.05, 3.63) is 23.3 Å². The van der Waals surface area contributed by atoms with Gasteiger partial charge in [0.25, 0.3) is 0 Å². The summed E-state index contributed by atoms with van der Waals surface area (Å²) in [4.78, 5) is 23.4. The highest BCUT2D eigenvalue weighted by molar-refractivity contribution is 6.03. The van der Waals surface area contributed by atoms with Crippen molar-refractivity contribution in [1.82, 2.24) is 0 Å². The number of rotatable bonds is 1. The molecule has 0 atom stereocenters. The Kier molecular flexibility index (Phi) is 1.89. The molecule has 0 saturated carbocycles. The molecule has 0 unspecified atom stereocenters. The van der Waals surface area contributed by atoms with Crippen LogP contribution >= 0.6 is 0 Å². The number of aromatic carboxylic acids is 1. The van der Waals surface area contributed by atoms with Crippen LogP contribution in [0.5, 0.6) is 5.75 Å². The summed E-state index contributed by atoms with van der Waals surface area (Å²) in [5.41, 5.74) is 1.04. The second kappa shape index (κ2) is 2.98. The summed E-state index contributed by atoms with van der Waals surface area (Å²) in [6.07, 6.45) is 0.187. The van der Waals surface area contributed by atoms with Gasteiger partial charge < -0.3 is 15.1 Å². The number of anilines is 1. The standard InChI is InChI=1S/C10H9NO4/c1-11-7-4-8(12)6(10(14)15)2-5(7)3-9(11)13/h2,4,12H,3H2,1H3,(H,14,15). The number of nitrogens with zero attached hydrogens (tertiary/aromatic N) is 1. The van der Waals surface area contributed by atoms with Crippen LogP contribution in [0.1, 0.15) is 15.9 Å². The summed E-state index contributed by atoms with van der Waals surface area (Å²) >= 11 is 0. The number of likely N-dealkylation sites (N-methyl/N-ethyl adjacent to an activating group) is 1. The Bertz CT molecular complexity index is 467. The Labute approximate surface area is 85.6 Å². The molecular weight excluding hydrogens is 198 g/mol. The van der Waals surface area contributed by atoms with Crippen LogP contribution in [0.3, 0.4) is 0 Å². The van der Waals surface area contributed by atoms with Crippen LogP contribution in [0.4, 0.5) is 5.69 Å². The predicted molar refractivity (Wildman–Crippen MR) is 52.2 cm³/mol. The first-order chi connectivity index (χ1) is 7.00. The van der Waals surface area contributed by atoms with Gasteiger partial charge in [0.05, 0.1) is 12.1 Å². The maximum Gasteiger partial charge on any atom is 0.339 e. The lowest BCUT2D eigenvalue weighted by atomic mass is 10.1. The third-order valence-electron chi connectivity index (χ3n) is 2.50. The van der Waals surface area contributed by atoms with Crippen molar-refractivity contribution in [3.8, 4) is 5.75 Å². The minimum atomic E-state index is -1.20. The number of hydrogen-bond donors (Lipinski definition) is 2. The zero-order chi connectivity index (χ0) is 11.2. The largest absolute Gasteiger partial charge is 0.507 e.